The van der Waals surface area contributed by atoms with E-state index in [9.17, 15) is 14.6 Å². The lowest BCUT2D eigenvalue weighted by Gasteiger charge is -2.15. The van der Waals surface area contributed by atoms with Gasteiger partial charge >= 0.3 is 0 Å². The Morgan fingerprint density at radius 3 is 2.30 bits per heavy atom. The molecule has 0 aliphatic rings. The zero-order chi connectivity index (χ0) is 15.4. The summed E-state index contributed by atoms with van der Waals surface area (Å²) in [6, 6.07) is 2.97. The maximum Gasteiger partial charge on any atom is 0.161 e. The van der Waals surface area contributed by atoms with Gasteiger partial charge in [-0.3, -0.25) is 0 Å². The van der Waals surface area contributed by atoms with Crippen LogP contribution in [0.3, 0.4) is 0 Å². The van der Waals surface area contributed by atoms with Gasteiger partial charge in [-0.1, -0.05) is 39.5 Å². The van der Waals surface area contributed by atoms with Crippen LogP contribution >= 0.6 is 0 Å². The first kappa shape index (κ1) is 16.0. The fourth-order valence-corrected chi connectivity index (χ4v) is 2.34. The van der Waals surface area contributed by atoms with E-state index >= 15 is 0 Å². The summed E-state index contributed by atoms with van der Waals surface area (Å²) in [6.45, 7) is 11.2. The second-order valence-corrected chi connectivity index (χ2v) is 4.24. The predicted molar refractivity (Wildman–Crippen MR) is 82.8 cm³/mol. The van der Waals surface area contributed by atoms with Gasteiger partial charge in [0, 0.05) is 16.7 Å². The Morgan fingerprint density at radius 2 is 1.80 bits per heavy atom. The van der Waals surface area contributed by atoms with E-state index in [4.69, 9.17) is 0 Å². The van der Waals surface area contributed by atoms with Gasteiger partial charge in [-0.15, -0.1) is 0 Å². The molecule has 2 N–H and O–H groups in total. The second-order valence-electron chi connectivity index (χ2n) is 4.24. The lowest BCUT2D eigenvalue weighted by atomic mass is 9.92. The van der Waals surface area contributed by atoms with E-state index in [1.54, 1.807) is 13.0 Å². The highest BCUT2D eigenvalue weighted by atomic mass is 19.1. The third-order valence-electron chi connectivity index (χ3n) is 3.32. The van der Waals surface area contributed by atoms with Crippen molar-refractivity contribution in [3.8, 4) is 11.5 Å². The second kappa shape index (κ2) is 6.42. The van der Waals surface area contributed by atoms with Crippen LogP contribution in [0.1, 0.15) is 37.5 Å². The van der Waals surface area contributed by atoms with E-state index < -0.39 is 0 Å². The predicted octanol–water partition coefficient (Wildman–Crippen LogP) is 4.93. The molecule has 0 saturated heterocycles. The van der Waals surface area contributed by atoms with Crippen molar-refractivity contribution < 1.29 is 14.6 Å². The van der Waals surface area contributed by atoms with Gasteiger partial charge in [0.1, 0.15) is 5.82 Å². The van der Waals surface area contributed by atoms with Gasteiger partial charge in [-0.05, 0) is 30.2 Å². The minimum Gasteiger partial charge on any atom is -0.504 e. The van der Waals surface area contributed by atoms with Crippen LogP contribution in [0.25, 0.3) is 16.8 Å². The van der Waals surface area contributed by atoms with Crippen molar-refractivity contribution in [3.05, 3.63) is 41.2 Å². The molecule has 0 atom stereocenters. The molecule has 0 aromatic heterocycles. The maximum absolute atomic E-state index is 13.8. The van der Waals surface area contributed by atoms with Gasteiger partial charge in [-0.25, -0.2) is 4.39 Å². The zero-order valence-corrected chi connectivity index (χ0v) is 12.4. The quantitative estimate of drug-likeness (QED) is 0.763. The number of fused-ring (bicyclic) bond motifs is 1. The highest BCUT2D eigenvalue weighted by molar-refractivity contribution is 5.98. The lowest BCUT2D eigenvalue weighted by molar-refractivity contribution is 0.398. The van der Waals surface area contributed by atoms with Crippen LogP contribution in [-0.2, 0) is 6.42 Å². The molecule has 0 saturated carbocycles. The van der Waals surface area contributed by atoms with Gasteiger partial charge in [0.25, 0.3) is 0 Å². The van der Waals surface area contributed by atoms with Gasteiger partial charge in [0.2, 0.25) is 0 Å². The first-order valence-corrected chi connectivity index (χ1v) is 6.80. The topological polar surface area (TPSA) is 40.5 Å². The Kier molecular flexibility index (Phi) is 5.14. The van der Waals surface area contributed by atoms with Crippen molar-refractivity contribution >= 4 is 16.8 Å². The SMILES string of the molecule is C=Cc1c(F)ccc2c(C)c(O)c(O)c(CC)c12.CC. The Balaban J connectivity index is 0.000000956. The molecular weight excluding hydrogens is 255 g/mol. The van der Waals surface area contributed by atoms with Crippen LogP contribution in [0.4, 0.5) is 4.39 Å². The van der Waals surface area contributed by atoms with E-state index in [-0.39, 0.29) is 17.3 Å². The standard InChI is InChI=1S/C15H15FO2.C2H6/c1-4-9-12(16)7-6-11-8(3)14(17)15(18)10(5-2)13(9)11;1-2/h4,6-7,17-18H,1,5H2,2-3H3;1-2H3. The summed E-state index contributed by atoms with van der Waals surface area (Å²) >= 11 is 0. The fraction of sp³-hybridized carbons (Fsp3) is 0.294. The molecule has 3 heteroatoms. The third kappa shape index (κ3) is 2.36. The van der Waals surface area contributed by atoms with E-state index in [0.717, 1.165) is 5.39 Å². The van der Waals surface area contributed by atoms with Gasteiger partial charge in [0.15, 0.2) is 11.5 Å². The Bertz CT molecular complexity index is 645. The smallest absolute Gasteiger partial charge is 0.161 e. The number of phenols is 2. The largest absolute Gasteiger partial charge is 0.504 e. The summed E-state index contributed by atoms with van der Waals surface area (Å²) in [5.74, 6) is -0.686. The highest BCUT2D eigenvalue weighted by Gasteiger charge is 2.18. The van der Waals surface area contributed by atoms with Crippen molar-refractivity contribution in [1.29, 1.82) is 0 Å². The maximum atomic E-state index is 13.8. The number of hydrogen-bond donors (Lipinski definition) is 2. The lowest BCUT2D eigenvalue weighted by Crippen LogP contribution is -1.94. The summed E-state index contributed by atoms with van der Waals surface area (Å²) < 4.78 is 13.8. The van der Waals surface area contributed by atoms with Crippen molar-refractivity contribution in [2.75, 3.05) is 0 Å². The molecule has 2 aromatic carbocycles. The van der Waals surface area contributed by atoms with E-state index in [1.165, 1.54) is 12.1 Å². The Hall–Kier alpha value is -2.03. The summed E-state index contributed by atoms with van der Waals surface area (Å²) in [5, 5.41) is 21.2. The van der Waals surface area contributed by atoms with Crippen LogP contribution in [0, 0.1) is 12.7 Å². The van der Waals surface area contributed by atoms with Crippen LogP contribution < -0.4 is 0 Å². The van der Waals surface area contributed by atoms with Crippen molar-refractivity contribution in [2.45, 2.75) is 34.1 Å². The van der Waals surface area contributed by atoms with E-state index in [1.807, 2.05) is 20.8 Å². The Morgan fingerprint density at radius 1 is 1.20 bits per heavy atom. The van der Waals surface area contributed by atoms with E-state index in [0.29, 0.717) is 28.5 Å². The van der Waals surface area contributed by atoms with Crippen LogP contribution in [0.15, 0.2) is 18.7 Å². The molecule has 108 valence electrons. The van der Waals surface area contributed by atoms with Crippen molar-refractivity contribution in [2.24, 2.45) is 0 Å². The number of phenolic OH excluding ortho intramolecular Hbond substituents is 2. The molecule has 2 aromatic rings. The van der Waals surface area contributed by atoms with Crippen LogP contribution in [-0.4, -0.2) is 10.2 Å². The highest BCUT2D eigenvalue weighted by Crippen LogP contribution is 2.42. The third-order valence-corrected chi connectivity index (χ3v) is 3.32. The molecule has 0 aliphatic carbocycles. The molecule has 2 nitrogen and oxygen atoms in total. The van der Waals surface area contributed by atoms with Gasteiger partial charge < -0.3 is 10.2 Å². The minimum atomic E-state index is -0.378. The number of hydrogen-bond acceptors (Lipinski definition) is 2. The molecule has 0 heterocycles. The van der Waals surface area contributed by atoms with Gasteiger partial charge in [0.05, 0.1) is 0 Å². The molecule has 0 amide bonds. The average molecular weight is 276 g/mol. The molecule has 0 bridgehead atoms. The van der Waals surface area contributed by atoms with Crippen molar-refractivity contribution in [1.82, 2.24) is 0 Å². The molecule has 0 spiro atoms. The van der Waals surface area contributed by atoms with Crippen molar-refractivity contribution in [3.63, 3.8) is 0 Å². The molecule has 20 heavy (non-hydrogen) atoms. The molecular formula is C17H21FO2. The first-order chi connectivity index (χ1) is 9.52. The number of aryl methyl sites for hydroxylation is 2. The number of benzene rings is 2. The molecule has 0 aliphatic heterocycles. The zero-order valence-electron chi connectivity index (χ0n) is 12.4. The summed E-state index contributed by atoms with van der Waals surface area (Å²) in [4.78, 5) is 0. The Labute approximate surface area is 119 Å². The minimum absolute atomic E-state index is 0.138. The monoisotopic (exact) mass is 276 g/mol. The number of halogens is 1. The normalized spacial score (nSPS) is 10.1. The molecule has 0 fully saturated rings. The number of rotatable bonds is 2. The molecule has 0 unspecified atom stereocenters. The van der Waals surface area contributed by atoms with Crippen LogP contribution in [0.2, 0.25) is 0 Å². The molecule has 2 rings (SSSR count). The summed E-state index contributed by atoms with van der Waals surface area (Å²) in [5.41, 5.74) is 1.45. The van der Waals surface area contributed by atoms with E-state index in [2.05, 4.69) is 6.58 Å². The number of aromatic hydroxyl groups is 2. The molecule has 0 radical (unpaired) electrons. The summed E-state index contributed by atoms with van der Waals surface area (Å²) in [6.07, 6.45) is 1.94. The first-order valence-electron chi connectivity index (χ1n) is 6.80. The van der Waals surface area contributed by atoms with Gasteiger partial charge in [-0.2, -0.15) is 0 Å². The fourth-order valence-electron chi connectivity index (χ4n) is 2.34. The van der Waals surface area contributed by atoms with Crippen LogP contribution in [0.5, 0.6) is 11.5 Å². The summed E-state index contributed by atoms with van der Waals surface area (Å²) in [7, 11) is 0. The average Bonchev–Trinajstić information content (AvgIpc) is 2.47.